The molecular formula is C17H17Cl3N2O4S. The molecular weight excluding hydrogens is 435 g/mol. The summed E-state index contributed by atoms with van der Waals surface area (Å²) < 4.78 is 30.5. The van der Waals surface area contributed by atoms with Gasteiger partial charge in [0.05, 0.1) is 28.5 Å². The molecule has 10 heteroatoms. The first-order chi connectivity index (χ1) is 12.7. The van der Waals surface area contributed by atoms with Crippen LogP contribution in [0.25, 0.3) is 0 Å². The fourth-order valence-corrected chi connectivity index (χ4v) is 3.38. The molecule has 27 heavy (non-hydrogen) atoms. The predicted octanol–water partition coefficient (Wildman–Crippen LogP) is 3.61. The van der Waals surface area contributed by atoms with Crippen LogP contribution in [0.15, 0.2) is 42.5 Å². The van der Waals surface area contributed by atoms with Gasteiger partial charge in [-0.15, -0.1) is 0 Å². The molecule has 6 nitrogen and oxygen atoms in total. The number of anilines is 1. The van der Waals surface area contributed by atoms with Crippen molar-refractivity contribution >= 4 is 56.4 Å². The number of amides is 1. The summed E-state index contributed by atoms with van der Waals surface area (Å²) in [5.41, 5.74) is 0.250. The molecule has 0 aromatic heterocycles. The minimum Gasteiger partial charge on any atom is -0.492 e. The number of rotatable bonds is 8. The van der Waals surface area contributed by atoms with Gasteiger partial charge in [0.25, 0.3) is 0 Å². The highest BCUT2D eigenvalue weighted by atomic mass is 35.5. The van der Waals surface area contributed by atoms with Crippen LogP contribution in [0.1, 0.15) is 0 Å². The second-order valence-corrected chi connectivity index (χ2v) is 8.68. The lowest BCUT2D eigenvalue weighted by molar-refractivity contribution is -0.119. The third-order valence-corrected chi connectivity index (χ3v) is 5.52. The Kier molecular flexibility index (Phi) is 7.61. The third kappa shape index (κ3) is 6.77. The van der Waals surface area contributed by atoms with Gasteiger partial charge in [-0.3, -0.25) is 9.10 Å². The van der Waals surface area contributed by atoms with Crippen LogP contribution in [0, 0.1) is 0 Å². The van der Waals surface area contributed by atoms with Crippen LogP contribution in [0.2, 0.25) is 15.1 Å². The molecule has 1 amide bonds. The number of benzene rings is 2. The van der Waals surface area contributed by atoms with E-state index in [1.807, 2.05) is 0 Å². The number of hydrogen-bond acceptors (Lipinski definition) is 4. The zero-order valence-corrected chi connectivity index (χ0v) is 17.4. The average Bonchev–Trinajstić information content (AvgIpc) is 2.60. The largest absolute Gasteiger partial charge is 0.492 e. The number of nitrogens with one attached hydrogen (secondary N) is 1. The van der Waals surface area contributed by atoms with E-state index >= 15 is 0 Å². The summed E-state index contributed by atoms with van der Waals surface area (Å²) in [6, 6.07) is 11.1. The average molecular weight is 452 g/mol. The van der Waals surface area contributed by atoms with Gasteiger partial charge in [0.2, 0.25) is 15.9 Å². The minimum absolute atomic E-state index is 0.194. The maximum absolute atomic E-state index is 12.1. The highest BCUT2D eigenvalue weighted by molar-refractivity contribution is 7.92. The van der Waals surface area contributed by atoms with Gasteiger partial charge in [-0.05, 0) is 42.5 Å². The molecule has 0 saturated carbocycles. The van der Waals surface area contributed by atoms with Crippen LogP contribution in [-0.2, 0) is 14.8 Å². The van der Waals surface area contributed by atoms with Crippen molar-refractivity contribution in [2.75, 3.05) is 30.3 Å². The molecule has 0 radical (unpaired) electrons. The standard InChI is InChI=1S/C17H17Cl3N2O4S/c1-27(24,25)22(13-4-7-15(19)16(20)10-13)11-17(23)21-8-9-26-14-5-2-12(18)3-6-14/h2-7,10H,8-9,11H2,1H3,(H,21,23). The van der Waals surface area contributed by atoms with Gasteiger partial charge in [0.15, 0.2) is 0 Å². The lowest BCUT2D eigenvalue weighted by Gasteiger charge is -2.22. The van der Waals surface area contributed by atoms with E-state index in [2.05, 4.69) is 5.32 Å². The third-order valence-electron chi connectivity index (χ3n) is 3.39. The van der Waals surface area contributed by atoms with E-state index < -0.39 is 22.5 Å². The summed E-state index contributed by atoms with van der Waals surface area (Å²) in [6.45, 7) is 0.0389. The maximum atomic E-state index is 12.1. The van der Waals surface area contributed by atoms with E-state index in [1.165, 1.54) is 18.2 Å². The van der Waals surface area contributed by atoms with Crippen molar-refractivity contribution < 1.29 is 17.9 Å². The number of carbonyl (C=O) groups excluding carboxylic acids is 1. The second kappa shape index (κ2) is 9.50. The summed E-state index contributed by atoms with van der Waals surface area (Å²) in [7, 11) is -3.69. The zero-order chi connectivity index (χ0) is 20.0. The van der Waals surface area contributed by atoms with Gasteiger partial charge in [0.1, 0.15) is 18.9 Å². The lowest BCUT2D eigenvalue weighted by Crippen LogP contribution is -2.41. The van der Waals surface area contributed by atoms with Crippen LogP contribution in [-0.4, -0.2) is 40.3 Å². The minimum atomic E-state index is -3.69. The van der Waals surface area contributed by atoms with Crippen molar-refractivity contribution in [1.82, 2.24) is 5.32 Å². The molecule has 0 spiro atoms. The molecule has 2 aromatic rings. The molecule has 0 aliphatic rings. The Morgan fingerprint density at radius 3 is 2.33 bits per heavy atom. The van der Waals surface area contributed by atoms with E-state index in [1.54, 1.807) is 24.3 Å². The SMILES string of the molecule is CS(=O)(=O)N(CC(=O)NCCOc1ccc(Cl)cc1)c1ccc(Cl)c(Cl)c1. The van der Waals surface area contributed by atoms with E-state index in [0.29, 0.717) is 10.8 Å². The van der Waals surface area contributed by atoms with Crippen molar-refractivity contribution in [2.45, 2.75) is 0 Å². The molecule has 0 saturated heterocycles. The number of carbonyl (C=O) groups is 1. The predicted molar refractivity (Wildman–Crippen MR) is 109 cm³/mol. The van der Waals surface area contributed by atoms with Crippen molar-refractivity contribution in [3.63, 3.8) is 0 Å². The zero-order valence-electron chi connectivity index (χ0n) is 14.3. The fourth-order valence-electron chi connectivity index (χ4n) is 2.12. The number of hydrogen-bond donors (Lipinski definition) is 1. The van der Waals surface area contributed by atoms with Crippen molar-refractivity contribution in [2.24, 2.45) is 0 Å². The molecule has 0 bridgehead atoms. The van der Waals surface area contributed by atoms with Crippen LogP contribution < -0.4 is 14.4 Å². The van der Waals surface area contributed by atoms with Crippen molar-refractivity contribution in [3.05, 3.63) is 57.5 Å². The first-order valence-corrected chi connectivity index (χ1v) is 10.7. The van der Waals surface area contributed by atoms with Crippen molar-refractivity contribution in [3.8, 4) is 5.75 Å². The normalized spacial score (nSPS) is 11.1. The highest BCUT2D eigenvalue weighted by Gasteiger charge is 2.21. The molecule has 0 aliphatic carbocycles. The van der Waals surface area contributed by atoms with E-state index in [0.717, 1.165) is 10.6 Å². The van der Waals surface area contributed by atoms with Crippen LogP contribution in [0.4, 0.5) is 5.69 Å². The number of halogens is 3. The van der Waals surface area contributed by atoms with E-state index in [9.17, 15) is 13.2 Å². The van der Waals surface area contributed by atoms with Gasteiger partial charge < -0.3 is 10.1 Å². The summed E-state index contributed by atoms with van der Waals surface area (Å²) in [5, 5.41) is 3.69. The van der Waals surface area contributed by atoms with Crippen LogP contribution >= 0.6 is 34.8 Å². The molecule has 2 aromatic carbocycles. The van der Waals surface area contributed by atoms with Gasteiger partial charge in [-0.1, -0.05) is 34.8 Å². The smallest absolute Gasteiger partial charge is 0.240 e. The molecule has 0 heterocycles. The number of ether oxygens (including phenoxy) is 1. The molecule has 146 valence electrons. The number of sulfonamides is 1. The van der Waals surface area contributed by atoms with Crippen LogP contribution in [0.3, 0.4) is 0 Å². The first-order valence-electron chi connectivity index (χ1n) is 7.74. The molecule has 0 fully saturated rings. The molecule has 2 rings (SSSR count). The second-order valence-electron chi connectivity index (χ2n) is 5.52. The molecule has 0 atom stereocenters. The highest BCUT2D eigenvalue weighted by Crippen LogP contribution is 2.28. The van der Waals surface area contributed by atoms with Gasteiger partial charge >= 0.3 is 0 Å². The van der Waals surface area contributed by atoms with E-state index in [4.69, 9.17) is 39.5 Å². The number of nitrogens with zero attached hydrogens (tertiary/aromatic N) is 1. The van der Waals surface area contributed by atoms with Crippen molar-refractivity contribution in [1.29, 1.82) is 0 Å². The Hall–Kier alpha value is -1.67. The fraction of sp³-hybridized carbons (Fsp3) is 0.235. The summed E-state index contributed by atoms with van der Waals surface area (Å²) in [6.07, 6.45) is 1.01. The maximum Gasteiger partial charge on any atom is 0.240 e. The monoisotopic (exact) mass is 450 g/mol. The lowest BCUT2D eigenvalue weighted by atomic mass is 10.3. The molecule has 0 aliphatic heterocycles. The Labute approximate surface area is 173 Å². The van der Waals surface area contributed by atoms with Gasteiger partial charge in [-0.25, -0.2) is 8.42 Å². The Balaban J connectivity index is 1.92. The topological polar surface area (TPSA) is 75.7 Å². The molecule has 0 unspecified atom stereocenters. The Morgan fingerprint density at radius 1 is 1.07 bits per heavy atom. The quantitative estimate of drug-likeness (QED) is 0.622. The Bertz CT molecular complexity index is 905. The van der Waals surface area contributed by atoms with E-state index in [-0.39, 0.29) is 28.9 Å². The summed E-state index contributed by atoms with van der Waals surface area (Å²) in [4.78, 5) is 12.1. The summed E-state index contributed by atoms with van der Waals surface area (Å²) in [5.74, 6) is 0.133. The van der Waals surface area contributed by atoms with Gasteiger partial charge in [0, 0.05) is 5.02 Å². The molecule has 1 N–H and O–H groups in total. The summed E-state index contributed by atoms with van der Waals surface area (Å²) >= 11 is 17.6. The Morgan fingerprint density at radius 2 is 1.74 bits per heavy atom. The van der Waals surface area contributed by atoms with Gasteiger partial charge in [-0.2, -0.15) is 0 Å². The first kappa shape index (κ1) is 21.6. The van der Waals surface area contributed by atoms with Crippen LogP contribution in [0.5, 0.6) is 5.75 Å².